The molecular formula is C18H23ClN2O2. The summed E-state index contributed by atoms with van der Waals surface area (Å²) in [4.78, 5) is 14.8. The quantitative estimate of drug-likeness (QED) is 0.870. The molecule has 2 fully saturated rings. The van der Waals surface area contributed by atoms with Crippen LogP contribution in [0.2, 0.25) is 0 Å². The zero-order chi connectivity index (χ0) is 15.4. The summed E-state index contributed by atoms with van der Waals surface area (Å²) in [6.07, 6.45) is 2.24. The predicted octanol–water partition coefficient (Wildman–Crippen LogP) is 3.28. The van der Waals surface area contributed by atoms with Crippen molar-refractivity contribution in [2.75, 3.05) is 13.1 Å². The van der Waals surface area contributed by atoms with Crippen LogP contribution in [0.1, 0.15) is 34.5 Å². The number of hydrogen-bond acceptors (Lipinski definition) is 3. The molecule has 1 saturated heterocycles. The third-order valence-corrected chi connectivity index (χ3v) is 5.55. The number of benzene rings is 1. The lowest BCUT2D eigenvalue weighted by Gasteiger charge is -2.17. The van der Waals surface area contributed by atoms with E-state index in [1.54, 1.807) is 0 Å². The molecule has 1 aromatic carbocycles. The molecule has 3 atom stereocenters. The lowest BCUT2D eigenvalue weighted by molar-refractivity contribution is 0.0749. The van der Waals surface area contributed by atoms with E-state index in [1.807, 2.05) is 36.9 Å². The Balaban J connectivity index is 0.00000156. The van der Waals surface area contributed by atoms with Crippen LogP contribution in [0.4, 0.5) is 0 Å². The molecule has 0 spiro atoms. The Morgan fingerprint density at radius 3 is 2.74 bits per heavy atom. The molecule has 1 aliphatic carbocycles. The van der Waals surface area contributed by atoms with Crippen molar-refractivity contribution in [1.29, 1.82) is 0 Å². The van der Waals surface area contributed by atoms with Crippen LogP contribution in [0.5, 0.6) is 0 Å². The summed E-state index contributed by atoms with van der Waals surface area (Å²) in [5, 5.41) is 1.04. The van der Waals surface area contributed by atoms with Gasteiger partial charge >= 0.3 is 0 Å². The summed E-state index contributed by atoms with van der Waals surface area (Å²) in [6.45, 7) is 5.59. The molecule has 2 heterocycles. The average molecular weight is 335 g/mol. The van der Waals surface area contributed by atoms with Crippen molar-refractivity contribution in [3.8, 4) is 0 Å². The van der Waals surface area contributed by atoms with E-state index in [1.165, 1.54) is 0 Å². The average Bonchev–Trinajstić information content (AvgIpc) is 3.16. The number of nitrogens with two attached hydrogens (primary N) is 1. The van der Waals surface area contributed by atoms with Crippen LogP contribution >= 0.6 is 12.4 Å². The summed E-state index contributed by atoms with van der Waals surface area (Å²) in [7, 11) is 0. The number of nitrogens with zero attached hydrogens (tertiary/aromatic N) is 1. The number of fused-ring (bicyclic) bond motifs is 2. The molecule has 1 aliphatic heterocycles. The van der Waals surface area contributed by atoms with Gasteiger partial charge in [0.15, 0.2) is 5.76 Å². The fourth-order valence-corrected chi connectivity index (χ4v) is 4.21. The number of hydrogen-bond donors (Lipinski definition) is 1. The van der Waals surface area contributed by atoms with Gasteiger partial charge in [-0.3, -0.25) is 4.79 Å². The summed E-state index contributed by atoms with van der Waals surface area (Å²) in [6, 6.07) is 6.29. The van der Waals surface area contributed by atoms with Crippen molar-refractivity contribution >= 4 is 29.3 Å². The molecule has 5 heteroatoms. The highest BCUT2D eigenvalue weighted by atomic mass is 35.5. The zero-order valence-electron chi connectivity index (χ0n) is 13.5. The number of carbonyl (C=O) groups excluding carboxylic acids is 1. The Hall–Kier alpha value is -1.52. The number of halogens is 1. The van der Waals surface area contributed by atoms with Crippen LogP contribution < -0.4 is 5.73 Å². The van der Waals surface area contributed by atoms with Gasteiger partial charge in [-0.1, -0.05) is 18.2 Å². The number of furan rings is 1. The molecule has 124 valence electrons. The van der Waals surface area contributed by atoms with E-state index in [-0.39, 0.29) is 24.4 Å². The number of para-hydroxylation sites is 1. The predicted molar refractivity (Wildman–Crippen MR) is 93.0 cm³/mol. The molecule has 1 saturated carbocycles. The van der Waals surface area contributed by atoms with Gasteiger partial charge in [0.2, 0.25) is 0 Å². The number of aryl methyl sites for hydroxylation is 2. The largest absolute Gasteiger partial charge is 0.450 e. The first-order valence-corrected chi connectivity index (χ1v) is 8.10. The minimum absolute atomic E-state index is 0. The highest BCUT2D eigenvalue weighted by Crippen LogP contribution is 2.38. The highest BCUT2D eigenvalue weighted by molar-refractivity contribution is 5.99. The van der Waals surface area contributed by atoms with Crippen molar-refractivity contribution < 1.29 is 9.21 Å². The highest BCUT2D eigenvalue weighted by Gasteiger charge is 2.43. The van der Waals surface area contributed by atoms with Crippen LogP contribution in [-0.2, 0) is 0 Å². The molecule has 0 bridgehead atoms. The molecule has 23 heavy (non-hydrogen) atoms. The van der Waals surface area contributed by atoms with Crippen molar-refractivity contribution in [2.24, 2.45) is 17.6 Å². The fraction of sp³-hybridized carbons (Fsp3) is 0.500. The number of rotatable bonds is 1. The van der Waals surface area contributed by atoms with Crippen LogP contribution in [0.25, 0.3) is 11.0 Å². The molecule has 0 radical (unpaired) electrons. The Kier molecular flexibility index (Phi) is 4.15. The molecule has 3 unspecified atom stereocenters. The molecule has 2 aromatic rings. The van der Waals surface area contributed by atoms with Gasteiger partial charge in [0.05, 0.1) is 0 Å². The van der Waals surface area contributed by atoms with E-state index >= 15 is 0 Å². The standard InChI is InChI=1S/C18H22N2O2.ClH/c1-10-4-3-5-13-11(2)17(22-16(10)13)18(21)20-8-12-6-7-15(19)14(12)9-20;/h3-5,12,14-15H,6-9,19H2,1-2H3;1H. The van der Waals surface area contributed by atoms with E-state index < -0.39 is 0 Å². The van der Waals surface area contributed by atoms with Gasteiger partial charge in [-0.15, -0.1) is 12.4 Å². The maximum Gasteiger partial charge on any atom is 0.289 e. The maximum absolute atomic E-state index is 12.9. The Morgan fingerprint density at radius 1 is 1.26 bits per heavy atom. The van der Waals surface area contributed by atoms with E-state index in [9.17, 15) is 4.79 Å². The zero-order valence-corrected chi connectivity index (χ0v) is 14.4. The van der Waals surface area contributed by atoms with Gasteiger partial charge in [-0.2, -0.15) is 0 Å². The Morgan fingerprint density at radius 2 is 2.04 bits per heavy atom. The van der Waals surface area contributed by atoms with Gasteiger partial charge < -0.3 is 15.1 Å². The summed E-state index contributed by atoms with van der Waals surface area (Å²) >= 11 is 0. The topological polar surface area (TPSA) is 59.5 Å². The number of likely N-dealkylation sites (tertiary alicyclic amines) is 1. The van der Waals surface area contributed by atoms with Gasteiger partial charge in [0.25, 0.3) is 5.91 Å². The van der Waals surface area contributed by atoms with Crippen molar-refractivity contribution in [1.82, 2.24) is 4.90 Å². The molecular weight excluding hydrogens is 312 g/mol. The summed E-state index contributed by atoms with van der Waals surface area (Å²) in [5.74, 6) is 1.56. The Labute approximate surface area is 142 Å². The maximum atomic E-state index is 12.9. The van der Waals surface area contributed by atoms with E-state index in [0.29, 0.717) is 17.6 Å². The second kappa shape index (κ2) is 5.84. The molecule has 4 rings (SSSR count). The molecule has 1 aromatic heterocycles. The second-order valence-corrected chi connectivity index (χ2v) is 6.88. The number of carbonyl (C=O) groups is 1. The first-order chi connectivity index (χ1) is 10.6. The molecule has 2 aliphatic rings. The first kappa shape index (κ1) is 16.3. The third-order valence-electron chi connectivity index (χ3n) is 5.55. The van der Waals surface area contributed by atoms with Crippen LogP contribution in [0, 0.1) is 25.7 Å². The van der Waals surface area contributed by atoms with Crippen LogP contribution in [0.3, 0.4) is 0 Å². The SMILES string of the molecule is Cc1c(C(=O)N2CC3CCC(N)C3C2)oc2c(C)cccc12.Cl. The summed E-state index contributed by atoms with van der Waals surface area (Å²) < 4.78 is 5.93. The Bertz CT molecular complexity index is 755. The van der Waals surface area contributed by atoms with Crippen molar-refractivity contribution in [3.05, 3.63) is 35.1 Å². The fourth-order valence-electron chi connectivity index (χ4n) is 4.21. The lowest BCUT2D eigenvalue weighted by Crippen LogP contribution is -2.33. The van der Waals surface area contributed by atoms with Crippen molar-refractivity contribution in [2.45, 2.75) is 32.7 Å². The van der Waals surface area contributed by atoms with Gasteiger partial charge in [0.1, 0.15) is 5.58 Å². The molecule has 2 N–H and O–H groups in total. The van der Waals surface area contributed by atoms with E-state index in [2.05, 4.69) is 0 Å². The molecule has 4 nitrogen and oxygen atoms in total. The van der Waals surface area contributed by atoms with Crippen LogP contribution in [0.15, 0.2) is 22.6 Å². The van der Waals surface area contributed by atoms with Crippen molar-refractivity contribution in [3.63, 3.8) is 0 Å². The third kappa shape index (κ3) is 2.45. The monoisotopic (exact) mass is 334 g/mol. The van der Waals surface area contributed by atoms with Gasteiger partial charge in [0, 0.05) is 30.1 Å². The number of amides is 1. The summed E-state index contributed by atoms with van der Waals surface area (Å²) in [5.41, 5.74) is 9.02. The lowest BCUT2D eigenvalue weighted by atomic mass is 9.98. The van der Waals surface area contributed by atoms with E-state index in [0.717, 1.165) is 48.0 Å². The second-order valence-electron chi connectivity index (χ2n) is 6.88. The van der Waals surface area contributed by atoms with Gasteiger partial charge in [-0.05, 0) is 44.1 Å². The molecule has 1 amide bonds. The van der Waals surface area contributed by atoms with Crippen LogP contribution in [-0.4, -0.2) is 29.9 Å². The minimum atomic E-state index is 0. The normalized spacial score (nSPS) is 26.4. The smallest absolute Gasteiger partial charge is 0.289 e. The van der Waals surface area contributed by atoms with Gasteiger partial charge in [-0.25, -0.2) is 0 Å². The minimum Gasteiger partial charge on any atom is -0.450 e. The van der Waals surface area contributed by atoms with E-state index in [4.69, 9.17) is 10.2 Å². The first-order valence-electron chi connectivity index (χ1n) is 8.10.